The quantitative estimate of drug-likeness (QED) is 0.584. The molecular weight excluding hydrogens is 433 g/mol. The highest BCUT2D eigenvalue weighted by atomic mass is 32.2. The number of imide groups is 1. The number of rotatable bonds is 8. The lowest BCUT2D eigenvalue weighted by Gasteiger charge is -2.30. The first-order valence-electron chi connectivity index (χ1n) is 10.9. The Morgan fingerprint density at radius 1 is 1.28 bits per heavy atom. The molecule has 2 N–H and O–H groups in total. The van der Waals surface area contributed by atoms with Gasteiger partial charge in [0, 0.05) is 13.1 Å². The van der Waals surface area contributed by atoms with E-state index >= 15 is 0 Å². The van der Waals surface area contributed by atoms with E-state index in [0.29, 0.717) is 22.8 Å². The molecule has 3 amide bonds. The lowest BCUT2D eigenvalue weighted by molar-refractivity contribution is -0.117. The zero-order chi connectivity index (χ0) is 22.7. The summed E-state index contributed by atoms with van der Waals surface area (Å²) in [5.41, 5.74) is 0. The van der Waals surface area contributed by atoms with Gasteiger partial charge in [0.15, 0.2) is 22.5 Å². The number of nitrogens with one attached hydrogen (secondary N) is 2. The van der Waals surface area contributed by atoms with E-state index in [1.165, 1.54) is 50.6 Å². The summed E-state index contributed by atoms with van der Waals surface area (Å²) in [5.74, 6) is 1.93. The molecule has 2 bridgehead atoms. The van der Waals surface area contributed by atoms with Gasteiger partial charge < -0.3 is 10.1 Å². The van der Waals surface area contributed by atoms with Crippen molar-refractivity contribution >= 4 is 23.7 Å². The molecule has 2 aliphatic carbocycles. The van der Waals surface area contributed by atoms with E-state index in [9.17, 15) is 14.0 Å². The Bertz CT molecular complexity index is 984. The monoisotopic (exact) mass is 461 g/mol. The SMILES string of the molecule is CNC(=O)NC(=O)CSc1nnc(COc2ccccc2F)n1[C@@H](C)[C@@H]1C[C@@H]2CC[C@@H]1C2. The lowest BCUT2D eigenvalue weighted by Crippen LogP contribution is -2.38. The van der Waals surface area contributed by atoms with E-state index in [1.54, 1.807) is 18.2 Å². The first-order valence-corrected chi connectivity index (χ1v) is 11.9. The normalized spacial score (nSPS) is 22.5. The molecule has 0 unspecified atom stereocenters. The molecule has 32 heavy (non-hydrogen) atoms. The Hall–Kier alpha value is -2.62. The number of carbonyl (C=O) groups is 2. The van der Waals surface area contributed by atoms with Gasteiger partial charge in [0.05, 0.1) is 5.75 Å². The maximum atomic E-state index is 14.0. The molecule has 0 spiro atoms. The topological polar surface area (TPSA) is 98.1 Å². The van der Waals surface area contributed by atoms with Crippen LogP contribution in [0.4, 0.5) is 9.18 Å². The largest absolute Gasteiger partial charge is 0.483 e. The number of para-hydroxylation sites is 1. The van der Waals surface area contributed by atoms with Crippen LogP contribution in [0.15, 0.2) is 29.4 Å². The Morgan fingerprint density at radius 2 is 2.09 bits per heavy atom. The second-order valence-corrected chi connectivity index (χ2v) is 9.43. The number of ether oxygens (including phenoxy) is 1. The van der Waals surface area contributed by atoms with Gasteiger partial charge >= 0.3 is 6.03 Å². The highest BCUT2D eigenvalue weighted by Gasteiger charge is 2.43. The minimum atomic E-state index is -0.550. The summed E-state index contributed by atoms with van der Waals surface area (Å²) in [5, 5.41) is 13.8. The molecule has 4 atom stereocenters. The van der Waals surface area contributed by atoms with Crippen LogP contribution in [-0.4, -0.2) is 39.5 Å². The zero-order valence-corrected chi connectivity index (χ0v) is 19.0. The third kappa shape index (κ3) is 4.90. The number of hydrogen-bond acceptors (Lipinski definition) is 6. The van der Waals surface area contributed by atoms with Crippen molar-refractivity contribution in [3.8, 4) is 5.75 Å². The van der Waals surface area contributed by atoms with E-state index < -0.39 is 17.8 Å². The van der Waals surface area contributed by atoms with Crippen molar-refractivity contribution in [3.05, 3.63) is 35.9 Å². The lowest BCUT2D eigenvalue weighted by atomic mass is 9.84. The molecule has 0 radical (unpaired) electrons. The standard InChI is InChI=1S/C22H28FN5O3S/c1-13(16-10-14-7-8-15(16)9-14)28-19(11-31-18-6-4-3-5-17(18)23)26-27-22(28)32-12-20(29)25-21(30)24-2/h3-6,13-16H,7-12H2,1-2H3,(H2,24,25,29,30)/t13-,14+,15+,16-/m0/s1. The van der Waals surface area contributed by atoms with Crippen LogP contribution in [0.1, 0.15) is 44.5 Å². The average Bonchev–Trinajstić information content (AvgIpc) is 3.52. The van der Waals surface area contributed by atoms with Crippen molar-refractivity contribution in [1.29, 1.82) is 0 Å². The van der Waals surface area contributed by atoms with Crippen LogP contribution in [0.5, 0.6) is 5.75 Å². The van der Waals surface area contributed by atoms with Crippen molar-refractivity contribution < 1.29 is 18.7 Å². The van der Waals surface area contributed by atoms with Crippen molar-refractivity contribution in [2.24, 2.45) is 17.8 Å². The van der Waals surface area contributed by atoms with Gasteiger partial charge in [-0.2, -0.15) is 0 Å². The minimum absolute atomic E-state index is 0.0309. The number of carbonyl (C=O) groups excluding carboxylic acids is 2. The van der Waals surface area contributed by atoms with Crippen molar-refractivity contribution in [2.45, 2.75) is 50.4 Å². The molecule has 10 heteroatoms. The summed E-state index contributed by atoms with van der Waals surface area (Å²) >= 11 is 1.23. The van der Waals surface area contributed by atoms with E-state index in [-0.39, 0.29) is 24.2 Å². The molecule has 1 heterocycles. The van der Waals surface area contributed by atoms with Gasteiger partial charge in [0.1, 0.15) is 6.61 Å². The van der Waals surface area contributed by atoms with Crippen molar-refractivity contribution in [3.63, 3.8) is 0 Å². The number of amides is 3. The summed E-state index contributed by atoms with van der Waals surface area (Å²) in [6.45, 7) is 2.24. The molecule has 2 aliphatic rings. The Balaban J connectivity index is 1.52. The van der Waals surface area contributed by atoms with Gasteiger partial charge in [-0.25, -0.2) is 9.18 Å². The van der Waals surface area contributed by atoms with Gasteiger partial charge in [0.2, 0.25) is 5.91 Å². The number of halogens is 1. The molecule has 2 aromatic rings. The number of benzene rings is 1. The summed E-state index contributed by atoms with van der Waals surface area (Å²) in [4.78, 5) is 23.4. The fourth-order valence-corrected chi connectivity index (χ4v) is 5.89. The smallest absolute Gasteiger partial charge is 0.321 e. The van der Waals surface area contributed by atoms with Crippen LogP contribution in [0, 0.1) is 23.6 Å². The molecule has 2 fully saturated rings. The summed E-state index contributed by atoms with van der Waals surface area (Å²) in [6.07, 6.45) is 5.01. The zero-order valence-electron chi connectivity index (χ0n) is 18.2. The van der Waals surface area contributed by atoms with Crippen molar-refractivity contribution in [2.75, 3.05) is 12.8 Å². The van der Waals surface area contributed by atoms with Gasteiger partial charge in [0.25, 0.3) is 0 Å². The van der Waals surface area contributed by atoms with Crippen LogP contribution >= 0.6 is 11.8 Å². The van der Waals surface area contributed by atoms with E-state index in [4.69, 9.17) is 4.74 Å². The van der Waals surface area contributed by atoms with Crippen LogP contribution in [0.3, 0.4) is 0 Å². The summed E-state index contributed by atoms with van der Waals surface area (Å²) in [6, 6.07) is 5.84. The molecule has 1 aromatic heterocycles. The molecule has 2 saturated carbocycles. The second-order valence-electron chi connectivity index (χ2n) is 8.48. The Kier molecular flexibility index (Phi) is 6.98. The number of hydrogen-bond donors (Lipinski definition) is 2. The number of nitrogens with zero attached hydrogens (tertiary/aromatic N) is 3. The first-order chi connectivity index (χ1) is 15.5. The van der Waals surface area contributed by atoms with Crippen molar-refractivity contribution in [1.82, 2.24) is 25.4 Å². The summed E-state index contributed by atoms with van der Waals surface area (Å²) < 4.78 is 21.7. The molecule has 0 saturated heterocycles. The van der Waals surface area contributed by atoms with Gasteiger partial charge in [-0.15, -0.1) is 10.2 Å². The average molecular weight is 462 g/mol. The highest BCUT2D eigenvalue weighted by Crippen LogP contribution is 2.52. The van der Waals surface area contributed by atoms with Crippen LogP contribution < -0.4 is 15.4 Å². The molecule has 4 rings (SSSR count). The predicted molar refractivity (Wildman–Crippen MR) is 118 cm³/mol. The predicted octanol–water partition coefficient (Wildman–Crippen LogP) is 3.54. The Morgan fingerprint density at radius 3 is 2.78 bits per heavy atom. The second kappa shape index (κ2) is 9.89. The highest BCUT2D eigenvalue weighted by molar-refractivity contribution is 7.99. The summed E-state index contributed by atoms with van der Waals surface area (Å²) in [7, 11) is 1.45. The molecule has 1 aromatic carbocycles. The molecule has 8 nitrogen and oxygen atoms in total. The molecule has 0 aliphatic heterocycles. The third-order valence-corrected chi connectivity index (χ3v) is 7.50. The number of urea groups is 1. The van der Waals surface area contributed by atoms with E-state index in [0.717, 1.165) is 5.92 Å². The van der Waals surface area contributed by atoms with Crippen LogP contribution in [0.2, 0.25) is 0 Å². The molecular formula is C22H28FN5O3S. The van der Waals surface area contributed by atoms with Gasteiger partial charge in [-0.05, 0) is 56.1 Å². The first kappa shape index (κ1) is 22.6. The number of fused-ring (bicyclic) bond motifs is 2. The number of thioether (sulfide) groups is 1. The van der Waals surface area contributed by atoms with Crippen LogP contribution in [0.25, 0.3) is 0 Å². The van der Waals surface area contributed by atoms with Gasteiger partial charge in [-0.1, -0.05) is 30.3 Å². The minimum Gasteiger partial charge on any atom is -0.483 e. The third-order valence-electron chi connectivity index (χ3n) is 6.56. The molecule has 172 valence electrons. The van der Waals surface area contributed by atoms with Gasteiger partial charge in [-0.3, -0.25) is 14.7 Å². The van der Waals surface area contributed by atoms with E-state index in [2.05, 4.69) is 27.8 Å². The van der Waals surface area contributed by atoms with Crippen LogP contribution in [-0.2, 0) is 11.4 Å². The fraction of sp³-hybridized carbons (Fsp3) is 0.545. The Labute approximate surface area is 190 Å². The maximum Gasteiger partial charge on any atom is 0.321 e. The van der Waals surface area contributed by atoms with E-state index in [1.807, 2.05) is 4.57 Å². The maximum absolute atomic E-state index is 14.0. The number of aromatic nitrogens is 3. The fourth-order valence-electron chi connectivity index (χ4n) is 5.05.